The second-order valence-corrected chi connectivity index (χ2v) is 22.1. The first-order chi connectivity index (χ1) is 34.7. The first kappa shape index (κ1) is 46.6. The number of fused-ring (bicyclic) bond motifs is 2. The maximum atomic E-state index is 2.52. The van der Waals surface area contributed by atoms with E-state index in [0.29, 0.717) is 13.3 Å². The molecule has 0 aromatic heterocycles. The minimum Gasteiger partial charge on any atom is -0.321 e. The van der Waals surface area contributed by atoms with Gasteiger partial charge in [-0.25, -0.2) is 0 Å². The zero-order valence-electron chi connectivity index (χ0n) is 43.4. The summed E-state index contributed by atoms with van der Waals surface area (Å²) in [5.41, 5.74) is 25.0. The molecule has 4 nitrogen and oxygen atoms in total. The number of aryl methyl sites for hydroxylation is 3. The Balaban J connectivity index is 1.01. The molecule has 72 heavy (non-hydrogen) atoms. The molecular weight excluding hydrogens is 872 g/mol. The van der Waals surface area contributed by atoms with Crippen molar-refractivity contribution in [2.24, 2.45) is 0 Å². The quantitative estimate of drug-likeness (QED) is 0.134. The van der Waals surface area contributed by atoms with Crippen molar-refractivity contribution in [3.63, 3.8) is 0 Å². The third-order valence-electron chi connectivity index (χ3n) is 15.0. The first-order valence-corrected chi connectivity index (χ1v) is 25.7. The van der Waals surface area contributed by atoms with Crippen molar-refractivity contribution in [1.82, 2.24) is 0 Å². The predicted octanol–water partition coefficient (Wildman–Crippen LogP) is 15.6. The molecular formula is C67H65BN4. The highest BCUT2D eigenvalue weighted by atomic mass is 15.4. The van der Waals surface area contributed by atoms with Crippen LogP contribution in [0.4, 0.5) is 45.5 Å². The van der Waals surface area contributed by atoms with E-state index in [2.05, 4.69) is 288 Å². The summed E-state index contributed by atoms with van der Waals surface area (Å²) in [6, 6.07) is 77.1. The van der Waals surface area contributed by atoms with Gasteiger partial charge in [-0.3, -0.25) is 0 Å². The third kappa shape index (κ3) is 8.65. The Morgan fingerprint density at radius 3 is 1.11 bits per heavy atom. The Hall–Kier alpha value is -7.76. The molecule has 2 aliphatic heterocycles. The summed E-state index contributed by atoms with van der Waals surface area (Å²) >= 11 is 0. The highest BCUT2D eigenvalue weighted by Crippen LogP contribution is 2.49. The second kappa shape index (κ2) is 18.4. The molecule has 0 radical (unpaired) electrons. The fourth-order valence-corrected chi connectivity index (χ4v) is 11.4. The number of hydrogen-bond donors (Lipinski definition) is 0. The molecule has 0 N–H and O–H groups in total. The lowest BCUT2D eigenvalue weighted by Gasteiger charge is -2.28. The zero-order chi connectivity index (χ0) is 49.9. The van der Waals surface area contributed by atoms with Crippen LogP contribution in [-0.2, 0) is 10.8 Å². The molecule has 0 unspecified atom stereocenters. The van der Waals surface area contributed by atoms with E-state index in [-0.39, 0.29) is 17.5 Å². The number of nitrogens with zero attached hydrogens (tertiary/aromatic N) is 4. The summed E-state index contributed by atoms with van der Waals surface area (Å²) in [5, 5.41) is 0. The molecule has 9 aromatic rings. The minimum atomic E-state index is -0.0188. The molecule has 0 spiro atoms. The monoisotopic (exact) mass is 937 g/mol. The van der Waals surface area contributed by atoms with Crippen molar-refractivity contribution in [2.45, 2.75) is 73.1 Å². The standard InChI is InChI=1S/C67H65BN4/c1-46-38-47(2)65(48(3)39-46)68(53-26-20-28-55(42-53)69-44-71(61-32-18-16-30-59(61)69)63-40-51(66(4,5)6)34-36-57(63)49-22-12-10-13-23-49)54-27-21-29-56(43-54)70-45-72(62-33-19-17-31-60(62)70)64-41-52(67(7,8)9)35-37-58(64)50-24-14-11-15-25-50/h10-43H,44-45H2,1-9H3. The van der Waals surface area contributed by atoms with E-state index in [1.54, 1.807) is 0 Å². The average molecular weight is 937 g/mol. The Morgan fingerprint density at radius 2 is 0.722 bits per heavy atom. The molecule has 0 aliphatic carbocycles. The molecule has 0 fully saturated rings. The minimum absolute atomic E-state index is 0.00270. The summed E-state index contributed by atoms with van der Waals surface area (Å²) in [6.45, 7) is 22.0. The molecule has 0 bridgehead atoms. The van der Waals surface area contributed by atoms with Gasteiger partial charge in [-0.05, 0) is 115 Å². The van der Waals surface area contributed by atoms with Crippen LogP contribution in [-0.4, -0.2) is 20.1 Å². The van der Waals surface area contributed by atoms with Gasteiger partial charge in [-0.15, -0.1) is 0 Å². The molecule has 356 valence electrons. The van der Waals surface area contributed by atoms with E-state index in [0.717, 1.165) is 0 Å². The van der Waals surface area contributed by atoms with Crippen molar-refractivity contribution < 1.29 is 0 Å². The number of hydrogen-bond acceptors (Lipinski definition) is 4. The van der Waals surface area contributed by atoms with Crippen molar-refractivity contribution in [3.8, 4) is 22.3 Å². The molecule has 0 atom stereocenters. The summed E-state index contributed by atoms with van der Waals surface area (Å²) in [4.78, 5) is 10.1. The summed E-state index contributed by atoms with van der Waals surface area (Å²) in [7, 11) is 0. The van der Waals surface area contributed by atoms with Gasteiger partial charge in [0.25, 0.3) is 0 Å². The highest BCUT2D eigenvalue weighted by molar-refractivity contribution is 6.96. The highest BCUT2D eigenvalue weighted by Gasteiger charge is 2.34. The first-order valence-electron chi connectivity index (χ1n) is 25.7. The van der Waals surface area contributed by atoms with E-state index < -0.39 is 0 Å². The van der Waals surface area contributed by atoms with Gasteiger partial charge in [0.2, 0.25) is 6.71 Å². The Morgan fingerprint density at radius 1 is 0.347 bits per heavy atom. The van der Waals surface area contributed by atoms with Gasteiger partial charge in [-0.2, -0.15) is 0 Å². The SMILES string of the molecule is Cc1cc(C)c(B(c2cccc(N3CN(c4cc(C(C)(C)C)ccc4-c4ccccc4)c4ccccc43)c2)c2cccc(N3CN(c4cc(C(C)(C)C)ccc4-c4ccccc4)c4ccccc43)c2)c(C)c1. The molecule has 2 aliphatic rings. The van der Waals surface area contributed by atoms with Gasteiger partial charge < -0.3 is 19.6 Å². The van der Waals surface area contributed by atoms with Gasteiger partial charge >= 0.3 is 0 Å². The number of rotatable bonds is 9. The topological polar surface area (TPSA) is 13.0 Å². The Labute approximate surface area is 428 Å². The van der Waals surface area contributed by atoms with Crippen molar-refractivity contribution in [3.05, 3.63) is 234 Å². The molecule has 9 aromatic carbocycles. The van der Waals surface area contributed by atoms with Crippen molar-refractivity contribution in [2.75, 3.05) is 32.9 Å². The maximum Gasteiger partial charge on any atom is 0.242 e. The predicted molar refractivity (Wildman–Crippen MR) is 311 cm³/mol. The number of benzene rings is 9. The van der Waals surface area contributed by atoms with Gasteiger partial charge in [0.15, 0.2) is 0 Å². The van der Waals surface area contributed by atoms with Crippen LogP contribution in [0.15, 0.2) is 206 Å². The van der Waals surface area contributed by atoms with E-state index >= 15 is 0 Å². The van der Waals surface area contributed by atoms with Gasteiger partial charge in [0, 0.05) is 22.5 Å². The normalized spacial score (nSPS) is 13.4. The van der Waals surface area contributed by atoms with Gasteiger partial charge in [-0.1, -0.05) is 220 Å². The molecule has 0 saturated carbocycles. The molecule has 2 heterocycles. The smallest absolute Gasteiger partial charge is 0.242 e. The van der Waals surface area contributed by atoms with E-state index in [1.165, 1.54) is 112 Å². The number of anilines is 8. The number of para-hydroxylation sites is 4. The van der Waals surface area contributed by atoms with Crippen molar-refractivity contribution in [1.29, 1.82) is 0 Å². The zero-order valence-corrected chi connectivity index (χ0v) is 43.4. The average Bonchev–Trinajstić information content (AvgIpc) is 3.97. The van der Waals surface area contributed by atoms with E-state index in [9.17, 15) is 0 Å². The van der Waals surface area contributed by atoms with Gasteiger partial charge in [0.05, 0.1) is 34.1 Å². The fraction of sp³-hybridized carbons (Fsp3) is 0.194. The third-order valence-corrected chi connectivity index (χ3v) is 15.0. The van der Waals surface area contributed by atoms with Crippen LogP contribution in [0.1, 0.15) is 69.4 Å². The fourth-order valence-electron chi connectivity index (χ4n) is 11.4. The summed E-state index contributed by atoms with van der Waals surface area (Å²) in [6.07, 6.45) is 0. The van der Waals surface area contributed by atoms with Gasteiger partial charge in [0.1, 0.15) is 13.3 Å². The van der Waals surface area contributed by atoms with E-state index in [1.807, 2.05) is 0 Å². The summed E-state index contributed by atoms with van der Waals surface area (Å²) in [5.74, 6) is 0. The van der Waals surface area contributed by atoms with Crippen LogP contribution in [0, 0.1) is 20.8 Å². The molecule has 0 saturated heterocycles. The Bertz CT molecular complexity index is 3230. The van der Waals surface area contributed by atoms with Crippen LogP contribution < -0.4 is 36.0 Å². The van der Waals surface area contributed by atoms with Crippen LogP contribution >= 0.6 is 0 Å². The van der Waals surface area contributed by atoms with Crippen LogP contribution in [0.25, 0.3) is 22.3 Å². The van der Waals surface area contributed by atoms with E-state index in [4.69, 9.17) is 0 Å². The summed E-state index contributed by atoms with van der Waals surface area (Å²) < 4.78 is 0. The largest absolute Gasteiger partial charge is 0.321 e. The molecule has 0 amide bonds. The lowest BCUT2D eigenvalue weighted by molar-refractivity contribution is 0.590. The maximum absolute atomic E-state index is 2.52. The van der Waals surface area contributed by atoms with Crippen molar-refractivity contribution >= 4 is 68.6 Å². The van der Waals surface area contributed by atoms with Crippen LogP contribution in [0.3, 0.4) is 0 Å². The van der Waals surface area contributed by atoms with Crippen LogP contribution in [0.5, 0.6) is 0 Å². The molecule has 5 heteroatoms. The molecule has 11 rings (SSSR count). The lowest BCUT2D eigenvalue weighted by Crippen LogP contribution is -2.54. The lowest BCUT2D eigenvalue weighted by atomic mass is 9.35. The second-order valence-electron chi connectivity index (χ2n) is 22.1. The Kier molecular flexibility index (Phi) is 11.9. The van der Waals surface area contributed by atoms with Crippen LogP contribution in [0.2, 0.25) is 0 Å².